The molecular weight excluding hydrogens is 242 g/mol. The van der Waals surface area contributed by atoms with Crippen molar-refractivity contribution in [2.75, 3.05) is 6.61 Å². The molecule has 0 aliphatic carbocycles. The summed E-state index contributed by atoms with van der Waals surface area (Å²) in [5.74, 6) is -0.491. The number of ether oxygens (including phenoxy) is 1. The van der Waals surface area contributed by atoms with Gasteiger partial charge in [0, 0.05) is 11.6 Å². The van der Waals surface area contributed by atoms with Gasteiger partial charge in [0.1, 0.15) is 18.4 Å². The molecule has 0 radical (unpaired) electrons. The second kappa shape index (κ2) is 5.92. The summed E-state index contributed by atoms with van der Waals surface area (Å²) >= 11 is 5.81. The molecule has 1 N–H and O–H groups in total. The first kappa shape index (κ1) is 13.1. The van der Waals surface area contributed by atoms with Gasteiger partial charge in [0.15, 0.2) is 0 Å². The average Bonchev–Trinajstić information content (AvgIpc) is 2.29. The zero-order valence-corrected chi connectivity index (χ0v) is 9.86. The van der Waals surface area contributed by atoms with E-state index in [0.717, 1.165) is 0 Å². The van der Waals surface area contributed by atoms with Crippen LogP contribution in [0, 0.1) is 11.3 Å². The number of hydrogen-bond acceptors (Lipinski definition) is 3. The molecule has 17 heavy (non-hydrogen) atoms. The molecule has 1 aromatic rings. The number of aliphatic carboxylic acids is 1. The second-order valence-corrected chi connectivity index (χ2v) is 3.66. The zero-order valence-electron chi connectivity index (χ0n) is 9.11. The Morgan fingerprint density at radius 1 is 1.65 bits per heavy atom. The quantitative estimate of drug-likeness (QED) is 0.835. The van der Waals surface area contributed by atoms with Gasteiger partial charge in [-0.3, -0.25) is 0 Å². The number of carboxylic acids is 1. The van der Waals surface area contributed by atoms with Crippen LogP contribution in [-0.2, 0) is 4.79 Å². The number of hydrogen-bond donors (Lipinski definition) is 1. The molecule has 1 rings (SSSR count). The minimum absolute atomic E-state index is 0.139. The standard InChI is InChI=1S/C12H10ClNO3/c1-8(12(15)16)4-5-17-10-3-2-9(7-14)11(13)6-10/h2-4,6H,5H2,1H3,(H,15,16)/b8-4-. The second-order valence-electron chi connectivity index (χ2n) is 3.26. The van der Waals surface area contributed by atoms with Crippen LogP contribution in [0.25, 0.3) is 0 Å². The Bertz CT molecular complexity index is 503. The van der Waals surface area contributed by atoms with E-state index in [1.54, 1.807) is 12.1 Å². The molecule has 0 atom stereocenters. The molecule has 0 saturated heterocycles. The summed E-state index contributed by atoms with van der Waals surface area (Å²) in [7, 11) is 0. The lowest BCUT2D eigenvalue weighted by atomic mass is 10.2. The highest BCUT2D eigenvalue weighted by Crippen LogP contribution is 2.21. The third-order valence-corrected chi connectivity index (χ3v) is 2.35. The van der Waals surface area contributed by atoms with E-state index < -0.39 is 5.97 Å². The van der Waals surface area contributed by atoms with Gasteiger partial charge >= 0.3 is 5.97 Å². The van der Waals surface area contributed by atoms with Gasteiger partial charge in [-0.2, -0.15) is 5.26 Å². The molecule has 0 aromatic heterocycles. The molecule has 1 aromatic carbocycles. The highest BCUT2D eigenvalue weighted by atomic mass is 35.5. The Morgan fingerprint density at radius 3 is 2.88 bits per heavy atom. The van der Waals surface area contributed by atoms with E-state index in [9.17, 15) is 4.79 Å². The number of halogens is 1. The van der Waals surface area contributed by atoms with E-state index in [0.29, 0.717) is 16.3 Å². The minimum Gasteiger partial charge on any atom is -0.489 e. The van der Waals surface area contributed by atoms with Gasteiger partial charge in [-0.15, -0.1) is 0 Å². The molecule has 0 heterocycles. The predicted octanol–water partition coefficient (Wildman–Crippen LogP) is 2.62. The monoisotopic (exact) mass is 251 g/mol. The lowest BCUT2D eigenvalue weighted by molar-refractivity contribution is -0.132. The summed E-state index contributed by atoms with van der Waals surface area (Å²) < 4.78 is 5.27. The molecule has 4 nitrogen and oxygen atoms in total. The molecule has 0 spiro atoms. The Morgan fingerprint density at radius 2 is 2.35 bits per heavy atom. The van der Waals surface area contributed by atoms with E-state index >= 15 is 0 Å². The van der Waals surface area contributed by atoms with Crippen LogP contribution in [0.3, 0.4) is 0 Å². The number of benzene rings is 1. The number of rotatable bonds is 4. The molecule has 5 heteroatoms. The van der Waals surface area contributed by atoms with Crippen molar-refractivity contribution >= 4 is 17.6 Å². The smallest absolute Gasteiger partial charge is 0.331 e. The topological polar surface area (TPSA) is 70.3 Å². The third kappa shape index (κ3) is 3.82. The molecule has 0 fully saturated rings. The SMILES string of the molecule is C/C(=C/COc1ccc(C#N)c(Cl)c1)C(=O)O. The number of nitrogens with zero attached hydrogens (tertiary/aromatic N) is 1. The van der Waals surface area contributed by atoms with Crippen LogP contribution >= 0.6 is 11.6 Å². The predicted molar refractivity (Wildman–Crippen MR) is 63.1 cm³/mol. The fraction of sp³-hybridized carbons (Fsp3) is 0.167. The maximum absolute atomic E-state index is 10.5. The van der Waals surface area contributed by atoms with Gasteiger partial charge in [-0.1, -0.05) is 11.6 Å². The van der Waals surface area contributed by atoms with Crippen LogP contribution in [0.5, 0.6) is 5.75 Å². The van der Waals surface area contributed by atoms with Crippen molar-refractivity contribution in [2.45, 2.75) is 6.92 Å². The molecular formula is C12H10ClNO3. The maximum atomic E-state index is 10.5. The summed E-state index contributed by atoms with van der Waals surface area (Å²) in [5.41, 5.74) is 0.584. The number of carboxylic acid groups (broad SMARTS) is 1. The Kier molecular flexibility index (Phi) is 4.56. The van der Waals surface area contributed by atoms with Crippen molar-refractivity contribution in [1.82, 2.24) is 0 Å². The van der Waals surface area contributed by atoms with E-state index in [4.69, 9.17) is 26.7 Å². The summed E-state index contributed by atoms with van der Waals surface area (Å²) in [6.45, 7) is 1.62. The molecule has 0 aliphatic rings. The number of nitriles is 1. The van der Waals surface area contributed by atoms with Gasteiger partial charge < -0.3 is 9.84 Å². The molecule has 0 aliphatic heterocycles. The highest BCUT2D eigenvalue weighted by Gasteiger charge is 2.02. The van der Waals surface area contributed by atoms with Crippen LogP contribution in [0.15, 0.2) is 29.8 Å². The summed E-state index contributed by atoms with van der Waals surface area (Å²) in [6, 6.07) is 6.61. The van der Waals surface area contributed by atoms with Crippen LogP contribution in [0.2, 0.25) is 5.02 Å². The fourth-order valence-electron chi connectivity index (χ4n) is 1.03. The Balaban J connectivity index is 2.66. The Labute approximate surface area is 104 Å². The van der Waals surface area contributed by atoms with Crippen LogP contribution in [0.1, 0.15) is 12.5 Å². The molecule has 0 unspecified atom stereocenters. The first-order chi connectivity index (χ1) is 8.04. The highest BCUT2D eigenvalue weighted by molar-refractivity contribution is 6.31. The zero-order chi connectivity index (χ0) is 12.8. The first-order valence-electron chi connectivity index (χ1n) is 4.77. The van der Waals surface area contributed by atoms with Crippen molar-refractivity contribution in [3.8, 4) is 11.8 Å². The molecule has 0 bridgehead atoms. The lowest BCUT2D eigenvalue weighted by Gasteiger charge is -2.04. The summed E-state index contributed by atoms with van der Waals surface area (Å²) in [5, 5.41) is 17.6. The Hall–Kier alpha value is -1.99. The molecule has 0 saturated carbocycles. The maximum Gasteiger partial charge on any atom is 0.331 e. The normalized spacial score (nSPS) is 10.8. The fourth-order valence-corrected chi connectivity index (χ4v) is 1.24. The van der Waals surface area contributed by atoms with Gasteiger partial charge in [0.2, 0.25) is 0 Å². The minimum atomic E-state index is -0.980. The number of carbonyl (C=O) groups is 1. The van der Waals surface area contributed by atoms with E-state index in [1.165, 1.54) is 19.1 Å². The van der Waals surface area contributed by atoms with Crippen molar-refractivity contribution in [1.29, 1.82) is 5.26 Å². The van der Waals surface area contributed by atoms with E-state index in [2.05, 4.69) is 0 Å². The van der Waals surface area contributed by atoms with Gasteiger partial charge in [-0.05, 0) is 25.1 Å². The summed E-state index contributed by atoms with van der Waals surface area (Å²) in [6.07, 6.45) is 1.45. The van der Waals surface area contributed by atoms with Crippen molar-refractivity contribution in [3.05, 3.63) is 40.4 Å². The molecule has 88 valence electrons. The van der Waals surface area contributed by atoms with E-state index in [1.807, 2.05) is 6.07 Å². The van der Waals surface area contributed by atoms with Gasteiger partial charge in [0.05, 0.1) is 10.6 Å². The first-order valence-corrected chi connectivity index (χ1v) is 5.15. The van der Waals surface area contributed by atoms with Crippen LogP contribution < -0.4 is 4.74 Å². The van der Waals surface area contributed by atoms with Crippen molar-refractivity contribution < 1.29 is 14.6 Å². The van der Waals surface area contributed by atoms with Gasteiger partial charge in [-0.25, -0.2) is 4.79 Å². The molecule has 0 amide bonds. The average molecular weight is 252 g/mol. The van der Waals surface area contributed by atoms with Crippen molar-refractivity contribution in [3.63, 3.8) is 0 Å². The van der Waals surface area contributed by atoms with Gasteiger partial charge in [0.25, 0.3) is 0 Å². The lowest BCUT2D eigenvalue weighted by Crippen LogP contribution is -2.00. The summed E-state index contributed by atoms with van der Waals surface area (Å²) in [4.78, 5) is 10.5. The van der Waals surface area contributed by atoms with E-state index in [-0.39, 0.29) is 12.2 Å². The van der Waals surface area contributed by atoms with Crippen LogP contribution in [-0.4, -0.2) is 17.7 Å². The van der Waals surface area contributed by atoms with Crippen molar-refractivity contribution in [2.24, 2.45) is 0 Å². The largest absolute Gasteiger partial charge is 0.489 e. The third-order valence-electron chi connectivity index (χ3n) is 2.04. The van der Waals surface area contributed by atoms with Crippen LogP contribution in [0.4, 0.5) is 0 Å².